The van der Waals surface area contributed by atoms with Crippen LogP contribution in [0.15, 0.2) is 47.8 Å². The molecule has 0 aliphatic heterocycles. The lowest BCUT2D eigenvalue weighted by Crippen LogP contribution is -2.23. The summed E-state index contributed by atoms with van der Waals surface area (Å²) in [5.41, 5.74) is 0.248. The van der Waals surface area contributed by atoms with Gasteiger partial charge < -0.3 is 10.1 Å². The zero-order valence-corrected chi connectivity index (χ0v) is 14.4. The summed E-state index contributed by atoms with van der Waals surface area (Å²) < 4.78 is 30.0. The molecule has 0 spiro atoms. The first-order valence-corrected chi connectivity index (χ1v) is 8.50. The summed E-state index contributed by atoms with van der Waals surface area (Å²) in [6, 6.07) is 5.76. The third-order valence-electron chi connectivity index (χ3n) is 3.00. The minimum absolute atomic E-state index is 0.0191. The third kappa shape index (κ3) is 4.81. The molecular weight excluding hydrogens is 348 g/mol. The van der Waals surface area contributed by atoms with Gasteiger partial charge in [0.25, 0.3) is 5.91 Å². The van der Waals surface area contributed by atoms with Crippen LogP contribution in [0.1, 0.15) is 10.5 Å². The van der Waals surface area contributed by atoms with E-state index in [0.29, 0.717) is 0 Å². The van der Waals surface area contributed by atoms with Crippen LogP contribution < -0.4 is 5.32 Å². The van der Waals surface area contributed by atoms with E-state index in [0.717, 1.165) is 4.31 Å². The first-order valence-electron chi connectivity index (χ1n) is 7.06. The van der Waals surface area contributed by atoms with Crippen LogP contribution in [0, 0.1) is 0 Å². The van der Waals surface area contributed by atoms with E-state index in [1.807, 2.05) is 0 Å². The van der Waals surface area contributed by atoms with Crippen LogP contribution in [0.4, 0.5) is 5.69 Å². The van der Waals surface area contributed by atoms with Gasteiger partial charge in [0, 0.05) is 32.2 Å². The van der Waals surface area contributed by atoms with E-state index in [2.05, 4.69) is 15.3 Å². The van der Waals surface area contributed by atoms with Gasteiger partial charge in [-0.2, -0.15) is 0 Å². The predicted molar refractivity (Wildman–Crippen MR) is 88.3 cm³/mol. The molecule has 0 atom stereocenters. The van der Waals surface area contributed by atoms with Crippen molar-refractivity contribution in [3.05, 3.63) is 48.5 Å². The molecule has 1 heterocycles. The van der Waals surface area contributed by atoms with Gasteiger partial charge in [0.1, 0.15) is 0 Å². The van der Waals surface area contributed by atoms with E-state index in [4.69, 9.17) is 4.74 Å². The number of esters is 1. The predicted octanol–water partition coefficient (Wildman–Crippen LogP) is 0.522. The minimum Gasteiger partial charge on any atom is -0.451 e. The lowest BCUT2D eigenvalue weighted by molar-refractivity contribution is -0.119. The number of nitrogens with one attached hydrogen (secondary N) is 1. The van der Waals surface area contributed by atoms with Crippen LogP contribution in [-0.2, 0) is 19.6 Å². The van der Waals surface area contributed by atoms with Gasteiger partial charge in [-0.3, -0.25) is 9.78 Å². The van der Waals surface area contributed by atoms with Crippen molar-refractivity contribution in [1.29, 1.82) is 0 Å². The zero-order valence-electron chi connectivity index (χ0n) is 13.5. The molecule has 0 aliphatic carbocycles. The van der Waals surface area contributed by atoms with Gasteiger partial charge >= 0.3 is 5.97 Å². The second kappa shape index (κ2) is 7.81. The monoisotopic (exact) mass is 364 g/mol. The van der Waals surface area contributed by atoms with E-state index in [-0.39, 0.29) is 16.3 Å². The maximum absolute atomic E-state index is 12.1. The number of hydrogen-bond acceptors (Lipinski definition) is 7. The highest BCUT2D eigenvalue weighted by Gasteiger charge is 2.18. The highest BCUT2D eigenvalue weighted by atomic mass is 32.2. The van der Waals surface area contributed by atoms with Crippen molar-refractivity contribution in [1.82, 2.24) is 14.3 Å². The molecule has 0 unspecified atom stereocenters. The molecule has 0 fully saturated rings. The van der Waals surface area contributed by atoms with Crippen LogP contribution in [0.5, 0.6) is 0 Å². The smallest absolute Gasteiger partial charge is 0.359 e. The number of amides is 1. The van der Waals surface area contributed by atoms with Crippen LogP contribution in [0.3, 0.4) is 0 Å². The highest BCUT2D eigenvalue weighted by molar-refractivity contribution is 7.89. The molecule has 2 aromatic rings. The standard InChI is InChI=1S/C15H16N4O5S/c1-19(2)25(22,23)12-5-3-4-11(8-12)18-14(20)10-24-15(21)13-9-16-6-7-17-13/h3-9H,10H2,1-2H3,(H,18,20). The van der Waals surface area contributed by atoms with E-state index in [1.165, 1.54) is 57.0 Å². The number of aromatic nitrogens is 2. The summed E-state index contributed by atoms with van der Waals surface area (Å²) >= 11 is 0. The number of hydrogen-bond donors (Lipinski definition) is 1. The molecule has 1 aromatic carbocycles. The Kier molecular flexibility index (Phi) is 5.78. The fourth-order valence-electron chi connectivity index (χ4n) is 1.75. The number of nitrogens with zero attached hydrogens (tertiary/aromatic N) is 3. The summed E-state index contributed by atoms with van der Waals surface area (Å²) in [5, 5.41) is 2.47. The summed E-state index contributed by atoms with van der Waals surface area (Å²) in [6.07, 6.45) is 3.95. The maximum Gasteiger partial charge on any atom is 0.359 e. The van der Waals surface area contributed by atoms with E-state index >= 15 is 0 Å². The third-order valence-corrected chi connectivity index (χ3v) is 4.81. The van der Waals surface area contributed by atoms with Gasteiger partial charge in [-0.1, -0.05) is 6.07 Å². The van der Waals surface area contributed by atoms with Crippen molar-refractivity contribution < 1.29 is 22.7 Å². The molecule has 0 radical (unpaired) electrons. The first kappa shape index (κ1) is 18.5. The normalized spacial score (nSPS) is 11.2. The Balaban J connectivity index is 1.98. The average Bonchev–Trinajstić information content (AvgIpc) is 2.60. The molecule has 2 rings (SSSR count). The fraction of sp³-hybridized carbons (Fsp3) is 0.200. The number of ether oxygens (including phenoxy) is 1. The number of sulfonamides is 1. The van der Waals surface area contributed by atoms with Gasteiger partial charge in [0.15, 0.2) is 12.3 Å². The molecule has 0 saturated carbocycles. The Hall–Kier alpha value is -2.85. The molecule has 0 saturated heterocycles. The first-order chi connectivity index (χ1) is 11.8. The number of carbonyl (C=O) groups is 2. The van der Waals surface area contributed by atoms with Crippen molar-refractivity contribution in [2.45, 2.75) is 4.90 Å². The minimum atomic E-state index is -3.62. The van der Waals surface area contributed by atoms with E-state index < -0.39 is 28.5 Å². The Morgan fingerprint density at radius 3 is 2.64 bits per heavy atom. The molecule has 1 amide bonds. The Labute approximate surface area is 144 Å². The van der Waals surface area contributed by atoms with E-state index in [1.54, 1.807) is 0 Å². The van der Waals surface area contributed by atoms with Gasteiger partial charge in [0.05, 0.1) is 11.1 Å². The van der Waals surface area contributed by atoms with Crippen molar-refractivity contribution >= 4 is 27.6 Å². The fourth-order valence-corrected chi connectivity index (χ4v) is 2.70. The summed E-state index contributed by atoms with van der Waals surface area (Å²) in [5.74, 6) is -1.40. The molecule has 132 valence electrons. The van der Waals surface area contributed by atoms with Crippen molar-refractivity contribution in [3.63, 3.8) is 0 Å². The summed E-state index contributed by atoms with van der Waals surface area (Å²) in [7, 11) is -0.797. The Morgan fingerprint density at radius 1 is 1.24 bits per heavy atom. The molecule has 1 aromatic heterocycles. The molecular formula is C15H16N4O5S. The second-order valence-corrected chi connectivity index (χ2v) is 7.18. The lowest BCUT2D eigenvalue weighted by atomic mass is 10.3. The van der Waals surface area contributed by atoms with Gasteiger partial charge in [-0.25, -0.2) is 22.5 Å². The van der Waals surface area contributed by atoms with E-state index in [9.17, 15) is 18.0 Å². The van der Waals surface area contributed by atoms with Crippen LogP contribution in [0.25, 0.3) is 0 Å². The Bertz CT molecular complexity index is 869. The topological polar surface area (TPSA) is 119 Å². The van der Waals surface area contributed by atoms with Crippen molar-refractivity contribution in [3.8, 4) is 0 Å². The van der Waals surface area contributed by atoms with Crippen LogP contribution >= 0.6 is 0 Å². The van der Waals surface area contributed by atoms with Crippen LogP contribution in [0.2, 0.25) is 0 Å². The molecule has 10 heteroatoms. The number of anilines is 1. The summed E-state index contributed by atoms with van der Waals surface area (Å²) in [4.78, 5) is 31.0. The Morgan fingerprint density at radius 2 is 2.00 bits per heavy atom. The molecule has 1 N–H and O–H groups in total. The van der Waals surface area contributed by atoms with Crippen molar-refractivity contribution in [2.24, 2.45) is 0 Å². The molecule has 25 heavy (non-hydrogen) atoms. The quantitative estimate of drug-likeness (QED) is 0.742. The molecule has 9 nitrogen and oxygen atoms in total. The maximum atomic E-state index is 12.1. The summed E-state index contributed by atoms with van der Waals surface area (Å²) in [6.45, 7) is -0.542. The largest absolute Gasteiger partial charge is 0.451 e. The number of carbonyl (C=O) groups excluding carboxylic acids is 2. The number of benzene rings is 1. The van der Waals surface area contributed by atoms with Crippen LogP contribution in [-0.4, -0.2) is 55.3 Å². The molecule has 0 bridgehead atoms. The highest BCUT2D eigenvalue weighted by Crippen LogP contribution is 2.17. The number of rotatable bonds is 6. The van der Waals surface area contributed by atoms with Crippen molar-refractivity contribution in [2.75, 3.05) is 26.0 Å². The SMILES string of the molecule is CN(C)S(=O)(=O)c1cccc(NC(=O)COC(=O)c2cnccn2)c1. The molecule has 0 aliphatic rings. The van der Waals surface area contributed by atoms with Gasteiger partial charge in [-0.05, 0) is 18.2 Å². The second-order valence-electron chi connectivity index (χ2n) is 5.03. The zero-order chi connectivity index (χ0) is 18.4. The van der Waals surface area contributed by atoms with Gasteiger partial charge in [-0.15, -0.1) is 0 Å². The average molecular weight is 364 g/mol. The lowest BCUT2D eigenvalue weighted by Gasteiger charge is -2.12. The van der Waals surface area contributed by atoms with Gasteiger partial charge in [0.2, 0.25) is 10.0 Å².